The number of benzene rings is 7. The molecule has 47 heavy (non-hydrogen) atoms. The van der Waals surface area contributed by atoms with Gasteiger partial charge in [-0.25, -0.2) is 0 Å². The van der Waals surface area contributed by atoms with Crippen LogP contribution in [0.15, 0.2) is 168 Å². The minimum Gasteiger partial charge on any atom is -0.455 e. The maximum Gasteiger partial charge on any atom is 0.145 e. The Morgan fingerprint density at radius 2 is 1.09 bits per heavy atom. The first-order chi connectivity index (χ1) is 23.1. The minimum atomic E-state index is -0.0576. The molecule has 0 saturated carbocycles. The van der Waals surface area contributed by atoms with E-state index in [1.807, 2.05) is 6.07 Å². The van der Waals surface area contributed by atoms with Gasteiger partial charge in [0.25, 0.3) is 0 Å². The Morgan fingerprint density at radius 3 is 1.87 bits per heavy atom. The fourth-order valence-corrected chi connectivity index (χ4v) is 7.55. The molecular formula is C45H33NO. The van der Waals surface area contributed by atoms with Crippen LogP contribution in [0, 0.1) is 0 Å². The Balaban J connectivity index is 1.31. The van der Waals surface area contributed by atoms with E-state index in [0.717, 1.165) is 50.1 Å². The summed E-state index contributed by atoms with van der Waals surface area (Å²) >= 11 is 0. The normalized spacial score (nSPS) is 13.1. The molecule has 0 atom stereocenters. The molecule has 0 bridgehead atoms. The second-order valence-corrected chi connectivity index (χ2v) is 12.9. The van der Waals surface area contributed by atoms with Crippen LogP contribution < -0.4 is 4.90 Å². The predicted molar refractivity (Wildman–Crippen MR) is 197 cm³/mol. The van der Waals surface area contributed by atoms with Crippen molar-refractivity contribution >= 4 is 39.0 Å². The lowest BCUT2D eigenvalue weighted by Crippen LogP contribution is -2.15. The van der Waals surface area contributed by atoms with Gasteiger partial charge in [0.1, 0.15) is 11.2 Å². The van der Waals surface area contributed by atoms with Gasteiger partial charge >= 0.3 is 0 Å². The minimum absolute atomic E-state index is 0.0576. The van der Waals surface area contributed by atoms with Gasteiger partial charge in [0.15, 0.2) is 0 Å². The van der Waals surface area contributed by atoms with Crippen LogP contribution in [0.5, 0.6) is 0 Å². The zero-order valence-electron chi connectivity index (χ0n) is 26.4. The van der Waals surface area contributed by atoms with Crippen LogP contribution in [0.4, 0.5) is 17.1 Å². The van der Waals surface area contributed by atoms with Crippen molar-refractivity contribution in [2.45, 2.75) is 19.3 Å². The number of furan rings is 1. The number of nitrogens with zero attached hydrogens (tertiary/aromatic N) is 1. The summed E-state index contributed by atoms with van der Waals surface area (Å²) in [5, 5.41) is 2.21. The van der Waals surface area contributed by atoms with Gasteiger partial charge in [0.2, 0.25) is 0 Å². The molecule has 0 spiro atoms. The van der Waals surface area contributed by atoms with E-state index in [0.29, 0.717) is 0 Å². The monoisotopic (exact) mass is 603 g/mol. The smallest absolute Gasteiger partial charge is 0.145 e. The Morgan fingerprint density at radius 1 is 0.468 bits per heavy atom. The van der Waals surface area contributed by atoms with Gasteiger partial charge in [-0.05, 0) is 81.4 Å². The zero-order valence-corrected chi connectivity index (χ0v) is 26.4. The first kappa shape index (κ1) is 27.5. The highest BCUT2D eigenvalue weighted by Gasteiger charge is 2.35. The molecule has 2 nitrogen and oxygen atoms in total. The Labute approximate surface area is 275 Å². The molecule has 0 unspecified atom stereocenters. The molecule has 224 valence electrons. The third kappa shape index (κ3) is 4.33. The van der Waals surface area contributed by atoms with Crippen LogP contribution in [-0.2, 0) is 5.41 Å². The molecule has 0 radical (unpaired) electrons. The summed E-state index contributed by atoms with van der Waals surface area (Å²) in [6, 6.07) is 58.8. The molecule has 8 aromatic rings. The predicted octanol–water partition coefficient (Wildman–Crippen LogP) is 12.7. The van der Waals surface area contributed by atoms with Gasteiger partial charge in [0, 0.05) is 27.7 Å². The number of para-hydroxylation sites is 1. The third-order valence-electron chi connectivity index (χ3n) is 9.89. The number of hydrogen-bond donors (Lipinski definition) is 0. The molecule has 1 aromatic heterocycles. The first-order valence-electron chi connectivity index (χ1n) is 16.3. The van der Waals surface area contributed by atoms with Crippen molar-refractivity contribution in [1.82, 2.24) is 0 Å². The fraction of sp³-hybridized carbons (Fsp3) is 0.0667. The Kier molecular flexibility index (Phi) is 6.20. The third-order valence-corrected chi connectivity index (χ3v) is 9.89. The van der Waals surface area contributed by atoms with E-state index in [2.05, 4.69) is 176 Å². The van der Waals surface area contributed by atoms with E-state index in [1.165, 1.54) is 33.4 Å². The van der Waals surface area contributed by atoms with Crippen LogP contribution in [0.25, 0.3) is 55.3 Å². The van der Waals surface area contributed by atoms with Crippen molar-refractivity contribution in [2.75, 3.05) is 4.90 Å². The van der Waals surface area contributed by atoms with Crippen LogP contribution in [0.1, 0.15) is 25.0 Å². The van der Waals surface area contributed by atoms with Gasteiger partial charge in [-0.15, -0.1) is 0 Å². The SMILES string of the molecule is CC1(C)c2ccccc2-c2cc(N(c3ccc(-c4ccccc4)cc3)c3ccc(-c4ccccc4)c4oc5ccccc5c34)ccc21. The van der Waals surface area contributed by atoms with Crippen molar-refractivity contribution in [3.63, 3.8) is 0 Å². The average molecular weight is 604 g/mol. The highest BCUT2D eigenvalue weighted by Crippen LogP contribution is 2.52. The maximum atomic E-state index is 6.70. The lowest BCUT2D eigenvalue weighted by molar-refractivity contribution is 0.660. The molecule has 9 rings (SSSR count). The van der Waals surface area contributed by atoms with Crippen LogP contribution in [0.3, 0.4) is 0 Å². The quantitative estimate of drug-likeness (QED) is 0.195. The maximum absolute atomic E-state index is 6.70. The van der Waals surface area contributed by atoms with Gasteiger partial charge in [-0.3, -0.25) is 0 Å². The summed E-state index contributed by atoms with van der Waals surface area (Å²) in [4.78, 5) is 2.40. The average Bonchev–Trinajstić information content (AvgIpc) is 3.62. The van der Waals surface area contributed by atoms with Crippen molar-refractivity contribution in [1.29, 1.82) is 0 Å². The van der Waals surface area contributed by atoms with Crippen LogP contribution in [-0.4, -0.2) is 0 Å². The summed E-state index contributed by atoms with van der Waals surface area (Å²) in [5.41, 5.74) is 15.0. The van der Waals surface area contributed by atoms with E-state index < -0.39 is 0 Å². The summed E-state index contributed by atoms with van der Waals surface area (Å²) in [6.07, 6.45) is 0. The highest BCUT2D eigenvalue weighted by molar-refractivity contribution is 6.17. The standard InChI is InChI=1S/C45H33NO/c1-45(2)39-19-11-9-17-36(39)38-29-34(25-27-40(38)45)46(33-23-21-31(22-24-33)30-13-5-3-6-14-30)41-28-26-35(32-15-7-4-8-16-32)44-43(41)37-18-10-12-20-42(37)47-44/h3-29H,1-2H3. The van der Waals surface area contributed by atoms with Crippen LogP contribution in [0.2, 0.25) is 0 Å². The molecule has 0 N–H and O–H groups in total. The molecule has 1 heterocycles. The molecule has 0 amide bonds. The van der Waals surface area contributed by atoms with Crippen molar-refractivity contribution in [3.8, 4) is 33.4 Å². The van der Waals surface area contributed by atoms with E-state index in [9.17, 15) is 0 Å². The lowest BCUT2D eigenvalue weighted by Gasteiger charge is -2.28. The molecule has 2 heteroatoms. The molecular weight excluding hydrogens is 571 g/mol. The molecule has 1 aliphatic carbocycles. The van der Waals surface area contributed by atoms with Gasteiger partial charge in [-0.2, -0.15) is 0 Å². The van der Waals surface area contributed by atoms with Crippen molar-refractivity contribution < 1.29 is 4.42 Å². The van der Waals surface area contributed by atoms with E-state index >= 15 is 0 Å². The van der Waals surface area contributed by atoms with Gasteiger partial charge < -0.3 is 9.32 Å². The van der Waals surface area contributed by atoms with E-state index in [-0.39, 0.29) is 5.41 Å². The largest absolute Gasteiger partial charge is 0.455 e. The number of hydrogen-bond acceptors (Lipinski definition) is 2. The topological polar surface area (TPSA) is 16.4 Å². The molecule has 0 aliphatic heterocycles. The number of anilines is 3. The molecule has 1 aliphatic rings. The number of fused-ring (bicyclic) bond motifs is 6. The fourth-order valence-electron chi connectivity index (χ4n) is 7.55. The second kappa shape index (κ2) is 10.6. The van der Waals surface area contributed by atoms with Crippen molar-refractivity contribution in [3.05, 3.63) is 175 Å². The molecule has 0 saturated heterocycles. The summed E-state index contributed by atoms with van der Waals surface area (Å²) in [7, 11) is 0. The summed E-state index contributed by atoms with van der Waals surface area (Å²) in [5.74, 6) is 0. The lowest BCUT2D eigenvalue weighted by atomic mass is 9.82. The number of rotatable bonds is 5. The van der Waals surface area contributed by atoms with E-state index in [1.54, 1.807) is 0 Å². The Bertz CT molecular complexity index is 2420. The van der Waals surface area contributed by atoms with Crippen molar-refractivity contribution in [2.24, 2.45) is 0 Å². The second-order valence-electron chi connectivity index (χ2n) is 12.9. The van der Waals surface area contributed by atoms with Crippen LogP contribution >= 0.6 is 0 Å². The highest BCUT2D eigenvalue weighted by atomic mass is 16.3. The summed E-state index contributed by atoms with van der Waals surface area (Å²) < 4.78 is 6.70. The summed E-state index contributed by atoms with van der Waals surface area (Å²) in [6.45, 7) is 4.67. The zero-order chi connectivity index (χ0) is 31.5. The van der Waals surface area contributed by atoms with E-state index in [4.69, 9.17) is 4.42 Å². The molecule has 0 fully saturated rings. The van der Waals surface area contributed by atoms with Gasteiger partial charge in [-0.1, -0.05) is 135 Å². The molecule has 7 aromatic carbocycles. The Hall–Kier alpha value is -5.86. The van der Waals surface area contributed by atoms with Gasteiger partial charge in [0.05, 0.1) is 11.1 Å². The first-order valence-corrected chi connectivity index (χ1v) is 16.3.